The summed E-state index contributed by atoms with van der Waals surface area (Å²) in [5.41, 5.74) is 0. The van der Waals surface area contributed by atoms with Crippen LogP contribution in [0.25, 0.3) is 0 Å². The number of hydrogen-bond acceptors (Lipinski definition) is 5. The lowest BCUT2D eigenvalue weighted by molar-refractivity contribution is -0.0732. The lowest BCUT2D eigenvalue weighted by Gasteiger charge is -2.49. The van der Waals surface area contributed by atoms with E-state index < -0.39 is 0 Å². The molecule has 1 aromatic rings. The number of fused-ring (bicyclic) bond motifs is 2. The van der Waals surface area contributed by atoms with Crippen molar-refractivity contribution in [3.05, 3.63) is 24.4 Å². The molecule has 1 saturated carbocycles. The number of ether oxygens (including phenoxy) is 2. The zero-order chi connectivity index (χ0) is 17.2. The SMILES string of the molecule is O=C(N1CCOCC1)N1C[C@H](Oc2ccccn2)[C@H]2C[C@@H]1CC[C@H]2O. The van der Waals surface area contributed by atoms with E-state index in [4.69, 9.17) is 9.47 Å². The number of aliphatic hydroxyl groups is 1. The number of rotatable bonds is 2. The summed E-state index contributed by atoms with van der Waals surface area (Å²) >= 11 is 0. The highest BCUT2D eigenvalue weighted by atomic mass is 16.5. The maximum absolute atomic E-state index is 13.0. The molecule has 1 aromatic heterocycles. The number of aromatic nitrogens is 1. The Hall–Kier alpha value is -1.86. The van der Waals surface area contributed by atoms with Gasteiger partial charge in [-0.3, -0.25) is 0 Å². The Morgan fingerprint density at radius 1 is 1.28 bits per heavy atom. The molecule has 3 aliphatic rings. The first kappa shape index (κ1) is 16.6. The summed E-state index contributed by atoms with van der Waals surface area (Å²) in [5.74, 6) is 0.594. The summed E-state index contributed by atoms with van der Waals surface area (Å²) in [7, 11) is 0. The molecule has 2 saturated heterocycles. The lowest BCUT2D eigenvalue weighted by atomic mass is 9.76. The van der Waals surface area contributed by atoms with E-state index in [1.807, 2.05) is 28.0 Å². The lowest BCUT2D eigenvalue weighted by Crippen LogP contribution is -2.62. The molecule has 1 N–H and O–H groups in total. The van der Waals surface area contributed by atoms with Gasteiger partial charge < -0.3 is 24.4 Å². The van der Waals surface area contributed by atoms with Gasteiger partial charge in [-0.25, -0.2) is 9.78 Å². The van der Waals surface area contributed by atoms with Crippen molar-refractivity contribution in [2.75, 3.05) is 32.8 Å². The largest absolute Gasteiger partial charge is 0.472 e. The van der Waals surface area contributed by atoms with Gasteiger partial charge in [-0.1, -0.05) is 6.07 Å². The summed E-state index contributed by atoms with van der Waals surface area (Å²) in [6.45, 7) is 2.97. The van der Waals surface area contributed by atoms with Gasteiger partial charge in [0.25, 0.3) is 0 Å². The van der Waals surface area contributed by atoms with Crippen LogP contribution in [0.3, 0.4) is 0 Å². The van der Waals surface area contributed by atoms with E-state index in [9.17, 15) is 9.90 Å². The average molecular weight is 347 g/mol. The van der Waals surface area contributed by atoms with Gasteiger partial charge in [-0.15, -0.1) is 0 Å². The number of hydrogen-bond donors (Lipinski definition) is 1. The Morgan fingerprint density at radius 3 is 2.88 bits per heavy atom. The molecule has 25 heavy (non-hydrogen) atoms. The second kappa shape index (κ2) is 7.17. The molecule has 7 nitrogen and oxygen atoms in total. The Bertz CT molecular complexity index is 593. The fourth-order valence-electron chi connectivity index (χ4n) is 4.19. The predicted molar refractivity (Wildman–Crippen MR) is 90.3 cm³/mol. The molecular formula is C18H25N3O4. The van der Waals surface area contributed by atoms with Crippen LogP contribution in [0.2, 0.25) is 0 Å². The number of pyridine rings is 1. The Balaban J connectivity index is 1.51. The molecule has 2 bridgehead atoms. The van der Waals surface area contributed by atoms with Gasteiger partial charge in [0, 0.05) is 37.3 Å². The number of amides is 2. The fraction of sp³-hybridized carbons (Fsp3) is 0.667. The van der Waals surface area contributed by atoms with Crippen molar-refractivity contribution >= 4 is 6.03 Å². The monoisotopic (exact) mass is 347 g/mol. The summed E-state index contributed by atoms with van der Waals surface area (Å²) < 4.78 is 11.4. The number of morpholine rings is 1. The first-order valence-electron chi connectivity index (χ1n) is 9.11. The first-order valence-corrected chi connectivity index (χ1v) is 9.11. The van der Waals surface area contributed by atoms with Crippen LogP contribution in [0, 0.1) is 5.92 Å². The van der Waals surface area contributed by atoms with Gasteiger partial charge in [-0.05, 0) is 25.3 Å². The molecule has 0 spiro atoms. The highest BCUT2D eigenvalue weighted by Gasteiger charge is 2.46. The molecule has 4 rings (SSSR count). The number of nitrogens with zero attached hydrogens (tertiary/aromatic N) is 3. The van der Waals surface area contributed by atoms with Crippen LogP contribution >= 0.6 is 0 Å². The standard InChI is InChI=1S/C18H25N3O4/c22-15-5-4-13-11-14(15)16(25-17-3-1-2-6-19-17)12-21(13)18(23)20-7-9-24-10-8-20/h1-3,6,13-16,22H,4-5,7-12H2/t13-,14-,15+,16-/m0/s1. The molecule has 0 unspecified atom stereocenters. The van der Waals surface area contributed by atoms with Gasteiger partial charge in [-0.2, -0.15) is 0 Å². The molecule has 4 atom stereocenters. The van der Waals surface area contributed by atoms with Crippen molar-refractivity contribution in [1.29, 1.82) is 0 Å². The Morgan fingerprint density at radius 2 is 2.12 bits per heavy atom. The second-order valence-corrected chi connectivity index (χ2v) is 7.06. The van der Waals surface area contributed by atoms with Crippen molar-refractivity contribution in [2.24, 2.45) is 5.92 Å². The van der Waals surface area contributed by atoms with Crippen LogP contribution < -0.4 is 4.74 Å². The topological polar surface area (TPSA) is 75.1 Å². The normalized spacial score (nSPS) is 32.4. The zero-order valence-electron chi connectivity index (χ0n) is 14.3. The van der Waals surface area contributed by atoms with Crippen molar-refractivity contribution in [2.45, 2.75) is 37.5 Å². The second-order valence-electron chi connectivity index (χ2n) is 7.06. The van der Waals surface area contributed by atoms with Crippen molar-refractivity contribution in [3.8, 4) is 5.88 Å². The van der Waals surface area contributed by atoms with Crippen molar-refractivity contribution in [3.63, 3.8) is 0 Å². The number of urea groups is 1. The van der Waals surface area contributed by atoms with E-state index >= 15 is 0 Å². The molecule has 2 aliphatic heterocycles. The number of piperidine rings is 1. The van der Waals surface area contributed by atoms with Crippen LogP contribution in [0.1, 0.15) is 19.3 Å². The average Bonchev–Trinajstić information content (AvgIpc) is 2.67. The van der Waals surface area contributed by atoms with Gasteiger partial charge in [0.05, 0.1) is 25.9 Å². The van der Waals surface area contributed by atoms with E-state index in [2.05, 4.69) is 4.98 Å². The third kappa shape index (κ3) is 3.43. The van der Waals surface area contributed by atoms with E-state index in [0.29, 0.717) is 45.1 Å². The summed E-state index contributed by atoms with van der Waals surface area (Å²) in [6.07, 6.45) is 3.44. The van der Waals surface area contributed by atoms with E-state index in [1.165, 1.54) is 0 Å². The number of aliphatic hydroxyl groups excluding tert-OH is 1. The Labute approximate surface area is 147 Å². The predicted octanol–water partition coefficient (Wildman–Crippen LogP) is 1.13. The van der Waals surface area contributed by atoms with Gasteiger partial charge in [0.15, 0.2) is 0 Å². The van der Waals surface area contributed by atoms with Crippen LogP contribution in [-0.2, 0) is 4.74 Å². The number of likely N-dealkylation sites (tertiary alicyclic amines) is 1. The van der Waals surface area contributed by atoms with Crippen LogP contribution in [0.5, 0.6) is 5.88 Å². The third-order valence-electron chi connectivity index (χ3n) is 5.57. The molecule has 3 heterocycles. The molecule has 2 amide bonds. The highest BCUT2D eigenvalue weighted by Crippen LogP contribution is 2.37. The van der Waals surface area contributed by atoms with Gasteiger partial charge >= 0.3 is 6.03 Å². The summed E-state index contributed by atoms with van der Waals surface area (Å²) in [4.78, 5) is 21.0. The molecule has 136 valence electrons. The summed E-state index contributed by atoms with van der Waals surface area (Å²) in [5, 5.41) is 10.4. The van der Waals surface area contributed by atoms with Crippen molar-refractivity contribution in [1.82, 2.24) is 14.8 Å². The molecule has 7 heteroatoms. The minimum Gasteiger partial charge on any atom is -0.472 e. The quantitative estimate of drug-likeness (QED) is 0.868. The maximum Gasteiger partial charge on any atom is 0.320 e. The smallest absolute Gasteiger partial charge is 0.320 e. The fourth-order valence-corrected chi connectivity index (χ4v) is 4.19. The molecule has 1 aliphatic carbocycles. The van der Waals surface area contributed by atoms with E-state index in [1.54, 1.807) is 6.20 Å². The number of carbonyl (C=O) groups excluding carboxylic acids is 1. The van der Waals surface area contributed by atoms with E-state index in [-0.39, 0.29) is 30.2 Å². The van der Waals surface area contributed by atoms with Crippen LogP contribution in [0.4, 0.5) is 4.79 Å². The molecule has 0 radical (unpaired) electrons. The molecule has 3 fully saturated rings. The van der Waals surface area contributed by atoms with Gasteiger partial charge in [0.2, 0.25) is 5.88 Å². The molecular weight excluding hydrogens is 322 g/mol. The Kier molecular flexibility index (Phi) is 4.76. The van der Waals surface area contributed by atoms with Crippen LogP contribution in [-0.4, -0.2) is 77.0 Å². The van der Waals surface area contributed by atoms with E-state index in [0.717, 1.165) is 12.8 Å². The third-order valence-corrected chi connectivity index (χ3v) is 5.57. The minimum absolute atomic E-state index is 0.0505. The van der Waals surface area contributed by atoms with Crippen molar-refractivity contribution < 1.29 is 19.4 Å². The van der Waals surface area contributed by atoms with Crippen LogP contribution in [0.15, 0.2) is 24.4 Å². The summed E-state index contributed by atoms with van der Waals surface area (Å²) in [6, 6.07) is 5.79. The molecule has 0 aromatic carbocycles. The minimum atomic E-state index is -0.370. The zero-order valence-corrected chi connectivity index (χ0v) is 14.3. The first-order chi connectivity index (χ1) is 12.2. The van der Waals surface area contributed by atoms with Gasteiger partial charge in [0.1, 0.15) is 6.10 Å². The highest BCUT2D eigenvalue weighted by molar-refractivity contribution is 5.75. The number of carbonyl (C=O) groups is 1. The maximum atomic E-state index is 13.0.